The first-order valence-corrected chi connectivity index (χ1v) is 8.23. The van der Waals surface area contributed by atoms with Gasteiger partial charge in [-0.05, 0) is 37.8 Å². The van der Waals surface area contributed by atoms with E-state index in [0.717, 1.165) is 30.8 Å². The van der Waals surface area contributed by atoms with Crippen LogP contribution >= 0.6 is 11.6 Å². The van der Waals surface area contributed by atoms with E-state index in [-0.39, 0.29) is 5.91 Å². The van der Waals surface area contributed by atoms with Crippen LogP contribution in [-0.2, 0) is 19.9 Å². The number of amides is 1. The highest BCUT2D eigenvalue weighted by atomic mass is 35.5. The molecule has 3 rings (SSSR count). The second-order valence-electron chi connectivity index (χ2n) is 5.59. The lowest BCUT2D eigenvalue weighted by Gasteiger charge is -2.24. The number of hydrogen-bond donors (Lipinski definition) is 0. The van der Waals surface area contributed by atoms with Crippen molar-refractivity contribution in [1.82, 2.24) is 9.78 Å². The monoisotopic (exact) mass is 317 g/mol. The van der Waals surface area contributed by atoms with Crippen molar-refractivity contribution in [2.45, 2.75) is 25.7 Å². The number of aryl methyl sites for hydroxylation is 2. The topological polar surface area (TPSA) is 38.1 Å². The van der Waals surface area contributed by atoms with Gasteiger partial charge >= 0.3 is 0 Å². The number of carbonyl (C=O) groups excluding carboxylic acids is 1. The molecule has 1 aliphatic rings. The quantitative estimate of drug-likeness (QED) is 0.812. The molecule has 1 aromatic carbocycles. The molecule has 2 aromatic rings. The minimum atomic E-state index is -0.0161. The van der Waals surface area contributed by atoms with Crippen LogP contribution in [0.4, 0.5) is 5.82 Å². The third kappa shape index (κ3) is 2.75. The minimum Gasteiger partial charge on any atom is -0.291 e. The van der Waals surface area contributed by atoms with Crippen LogP contribution in [0.5, 0.6) is 0 Å². The zero-order chi connectivity index (χ0) is 15.5. The number of benzene rings is 1. The lowest BCUT2D eigenvalue weighted by atomic mass is 9.97. The van der Waals surface area contributed by atoms with E-state index in [2.05, 4.69) is 5.10 Å². The van der Waals surface area contributed by atoms with Crippen molar-refractivity contribution in [3.8, 4) is 0 Å². The van der Waals surface area contributed by atoms with Gasteiger partial charge in [-0.15, -0.1) is 11.6 Å². The van der Waals surface area contributed by atoms with E-state index < -0.39 is 0 Å². The normalized spacial score (nSPS) is 13.7. The maximum atomic E-state index is 12.9. The molecule has 0 spiro atoms. The van der Waals surface area contributed by atoms with Gasteiger partial charge in [-0.3, -0.25) is 14.4 Å². The molecule has 0 atom stereocenters. The van der Waals surface area contributed by atoms with Crippen LogP contribution in [0, 0.1) is 0 Å². The van der Waals surface area contributed by atoms with Gasteiger partial charge < -0.3 is 0 Å². The van der Waals surface area contributed by atoms with E-state index in [0.29, 0.717) is 18.0 Å². The predicted octanol–water partition coefficient (Wildman–Crippen LogP) is 3.18. The lowest BCUT2D eigenvalue weighted by molar-refractivity contribution is 0.0986. The van der Waals surface area contributed by atoms with Crippen LogP contribution in [0.3, 0.4) is 0 Å². The Hall–Kier alpha value is -1.81. The van der Waals surface area contributed by atoms with Crippen molar-refractivity contribution in [1.29, 1.82) is 0 Å². The third-order valence-electron chi connectivity index (χ3n) is 4.12. The van der Waals surface area contributed by atoms with Crippen LogP contribution < -0.4 is 4.90 Å². The van der Waals surface area contributed by atoms with Gasteiger partial charge in [0.05, 0.1) is 5.69 Å². The molecule has 4 nitrogen and oxygen atoms in total. The minimum absolute atomic E-state index is 0.0161. The zero-order valence-electron chi connectivity index (χ0n) is 12.8. The van der Waals surface area contributed by atoms with Crippen LogP contribution in [0.1, 0.15) is 34.5 Å². The third-order valence-corrected chi connectivity index (χ3v) is 4.28. The maximum Gasteiger partial charge on any atom is 0.259 e. The van der Waals surface area contributed by atoms with E-state index in [1.54, 1.807) is 4.90 Å². The molecule has 5 heteroatoms. The van der Waals surface area contributed by atoms with Crippen LogP contribution in [0.15, 0.2) is 30.3 Å². The first-order valence-electron chi connectivity index (χ1n) is 7.70. The van der Waals surface area contributed by atoms with E-state index in [4.69, 9.17) is 11.6 Å². The Labute approximate surface area is 135 Å². The van der Waals surface area contributed by atoms with E-state index in [1.807, 2.05) is 42.1 Å². The number of carbonyl (C=O) groups is 1. The molecule has 0 bridgehead atoms. The van der Waals surface area contributed by atoms with Crippen LogP contribution in [0.25, 0.3) is 0 Å². The molecule has 0 N–H and O–H groups in total. The van der Waals surface area contributed by atoms with Crippen LogP contribution in [-0.4, -0.2) is 28.1 Å². The molecular formula is C17H20ClN3O. The fourth-order valence-corrected chi connectivity index (χ4v) is 3.30. The number of anilines is 1. The summed E-state index contributed by atoms with van der Waals surface area (Å²) in [6.45, 7) is 0.487. The molecule has 0 saturated heterocycles. The van der Waals surface area contributed by atoms with Gasteiger partial charge in [0.2, 0.25) is 0 Å². The average molecular weight is 318 g/mol. The Morgan fingerprint density at radius 3 is 2.73 bits per heavy atom. The first-order chi connectivity index (χ1) is 10.7. The summed E-state index contributed by atoms with van der Waals surface area (Å²) in [7, 11) is 1.91. The van der Waals surface area contributed by atoms with Crippen molar-refractivity contribution < 1.29 is 4.79 Å². The second-order valence-corrected chi connectivity index (χ2v) is 5.97. The maximum absolute atomic E-state index is 12.9. The summed E-state index contributed by atoms with van der Waals surface area (Å²) in [6.07, 6.45) is 4.31. The van der Waals surface area contributed by atoms with Gasteiger partial charge in [-0.1, -0.05) is 18.2 Å². The van der Waals surface area contributed by atoms with E-state index in [9.17, 15) is 4.79 Å². The number of hydrogen-bond acceptors (Lipinski definition) is 2. The fraction of sp³-hybridized carbons (Fsp3) is 0.412. The number of rotatable bonds is 4. The summed E-state index contributed by atoms with van der Waals surface area (Å²) < 4.78 is 1.84. The molecule has 0 aliphatic heterocycles. The summed E-state index contributed by atoms with van der Waals surface area (Å²) >= 11 is 5.96. The fourth-order valence-electron chi connectivity index (χ4n) is 3.13. The lowest BCUT2D eigenvalue weighted by Crippen LogP contribution is -2.35. The number of nitrogens with zero attached hydrogens (tertiary/aromatic N) is 3. The van der Waals surface area contributed by atoms with Gasteiger partial charge in [0.1, 0.15) is 5.82 Å². The van der Waals surface area contributed by atoms with Gasteiger partial charge in [0.15, 0.2) is 0 Å². The smallest absolute Gasteiger partial charge is 0.259 e. The van der Waals surface area contributed by atoms with Gasteiger partial charge in [-0.25, -0.2) is 0 Å². The average Bonchev–Trinajstić information content (AvgIpc) is 2.88. The van der Waals surface area contributed by atoms with Crippen molar-refractivity contribution in [3.63, 3.8) is 0 Å². The number of fused-ring (bicyclic) bond motifs is 1. The molecule has 1 amide bonds. The molecule has 1 heterocycles. The van der Waals surface area contributed by atoms with Crippen molar-refractivity contribution >= 4 is 23.3 Å². The Balaban J connectivity index is 2.01. The van der Waals surface area contributed by atoms with Crippen molar-refractivity contribution in [2.24, 2.45) is 7.05 Å². The van der Waals surface area contributed by atoms with E-state index >= 15 is 0 Å². The molecule has 0 radical (unpaired) electrons. The Kier molecular flexibility index (Phi) is 4.48. The molecule has 0 fully saturated rings. The molecule has 0 unspecified atom stereocenters. The molecule has 0 saturated carbocycles. The Morgan fingerprint density at radius 1 is 1.27 bits per heavy atom. The number of halogens is 1. The number of alkyl halides is 1. The first kappa shape index (κ1) is 15.1. The SMILES string of the molecule is Cn1nc2c(c1N(CCCl)C(=O)c1ccccc1)CCCC2. The summed E-state index contributed by atoms with van der Waals surface area (Å²) in [5.74, 6) is 1.29. The van der Waals surface area contributed by atoms with Crippen molar-refractivity contribution in [3.05, 3.63) is 47.2 Å². The zero-order valence-corrected chi connectivity index (χ0v) is 13.5. The number of aromatic nitrogens is 2. The molecule has 1 aromatic heterocycles. The van der Waals surface area contributed by atoms with Gasteiger partial charge in [0, 0.05) is 30.6 Å². The van der Waals surface area contributed by atoms with Crippen LogP contribution in [0.2, 0.25) is 0 Å². The Morgan fingerprint density at radius 2 is 2.00 bits per heavy atom. The highest BCUT2D eigenvalue weighted by molar-refractivity contribution is 6.18. The van der Waals surface area contributed by atoms with E-state index in [1.165, 1.54) is 12.0 Å². The molecule has 116 valence electrons. The summed E-state index contributed by atoms with van der Waals surface area (Å²) in [6, 6.07) is 9.35. The molecule has 1 aliphatic carbocycles. The largest absolute Gasteiger partial charge is 0.291 e. The van der Waals surface area contributed by atoms with Gasteiger partial charge in [0.25, 0.3) is 5.91 Å². The van der Waals surface area contributed by atoms with Gasteiger partial charge in [-0.2, -0.15) is 5.10 Å². The summed E-state index contributed by atoms with van der Waals surface area (Å²) in [4.78, 5) is 14.7. The standard InChI is InChI=1S/C17H20ClN3O/c1-20-16(14-9-5-6-10-15(14)19-20)21(12-11-18)17(22)13-7-3-2-4-8-13/h2-4,7-8H,5-6,9-12H2,1H3. The highest BCUT2D eigenvalue weighted by Crippen LogP contribution is 2.30. The highest BCUT2D eigenvalue weighted by Gasteiger charge is 2.27. The molecule has 22 heavy (non-hydrogen) atoms. The second kappa shape index (κ2) is 6.53. The molecular weight excluding hydrogens is 298 g/mol. The predicted molar refractivity (Wildman–Crippen MR) is 88.7 cm³/mol. The van der Waals surface area contributed by atoms with Crippen molar-refractivity contribution in [2.75, 3.05) is 17.3 Å². The summed E-state index contributed by atoms with van der Waals surface area (Å²) in [5.41, 5.74) is 3.02. The summed E-state index contributed by atoms with van der Waals surface area (Å²) in [5, 5.41) is 4.61. The Bertz CT molecular complexity index is 666.